The molecule has 0 saturated carbocycles. The summed E-state index contributed by atoms with van der Waals surface area (Å²) in [6.07, 6.45) is 0. The lowest BCUT2D eigenvalue weighted by molar-refractivity contribution is 0.0366. The van der Waals surface area contributed by atoms with Crippen molar-refractivity contribution >= 4 is 22.9 Å². The maximum absolute atomic E-state index is 12.7. The van der Waals surface area contributed by atoms with Crippen molar-refractivity contribution < 1.29 is 9.53 Å². The number of rotatable bonds is 5. The minimum Gasteiger partial charge on any atom is -0.379 e. The summed E-state index contributed by atoms with van der Waals surface area (Å²) in [5.74, 6) is 0.456. The molecule has 1 aliphatic heterocycles. The van der Waals surface area contributed by atoms with E-state index in [0.29, 0.717) is 11.5 Å². The predicted molar refractivity (Wildman–Crippen MR) is 106 cm³/mol. The van der Waals surface area contributed by atoms with Crippen LogP contribution in [0, 0.1) is 6.92 Å². The van der Waals surface area contributed by atoms with Crippen molar-refractivity contribution in [3.63, 3.8) is 0 Å². The molecule has 0 spiro atoms. The molecule has 140 valence electrons. The maximum Gasteiger partial charge on any atom is 0.257 e. The number of carbonyl (C=O) groups is 1. The van der Waals surface area contributed by atoms with Gasteiger partial charge in [0.1, 0.15) is 0 Å². The summed E-state index contributed by atoms with van der Waals surface area (Å²) in [7, 11) is 0. The number of aromatic nitrogens is 2. The van der Waals surface area contributed by atoms with Crippen LogP contribution >= 0.6 is 0 Å². The summed E-state index contributed by atoms with van der Waals surface area (Å²) in [5.41, 5.74) is 3.62. The second-order valence-corrected chi connectivity index (χ2v) is 6.85. The highest BCUT2D eigenvalue weighted by atomic mass is 16.5. The molecule has 6 heteroatoms. The Balaban J connectivity index is 1.58. The minimum atomic E-state index is -0.137. The summed E-state index contributed by atoms with van der Waals surface area (Å²) < 4.78 is 7.52. The Hall–Kier alpha value is -2.70. The van der Waals surface area contributed by atoms with Gasteiger partial charge in [0.2, 0.25) is 5.95 Å². The molecule has 3 aromatic rings. The van der Waals surface area contributed by atoms with Gasteiger partial charge in [-0.2, -0.15) is 0 Å². The zero-order valence-corrected chi connectivity index (χ0v) is 15.5. The predicted octanol–water partition coefficient (Wildman–Crippen LogP) is 2.93. The Morgan fingerprint density at radius 2 is 1.93 bits per heavy atom. The van der Waals surface area contributed by atoms with Crippen LogP contribution in [0.4, 0.5) is 5.95 Å². The van der Waals surface area contributed by atoms with Gasteiger partial charge in [-0.1, -0.05) is 29.8 Å². The van der Waals surface area contributed by atoms with Crippen molar-refractivity contribution in [1.29, 1.82) is 0 Å². The van der Waals surface area contributed by atoms with Crippen LogP contribution in [0.3, 0.4) is 0 Å². The Labute approximate surface area is 158 Å². The van der Waals surface area contributed by atoms with Gasteiger partial charge in [-0.15, -0.1) is 0 Å². The minimum absolute atomic E-state index is 0.137. The number of hydrogen-bond donors (Lipinski definition) is 1. The van der Waals surface area contributed by atoms with Crippen LogP contribution in [-0.4, -0.2) is 53.2 Å². The molecule has 1 fully saturated rings. The lowest BCUT2D eigenvalue weighted by Gasteiger charge is -2.26. The maximum atomic E-state index is 12.7. The monoisotopic (exact) mass is 364 g/mol. The molecule has 1 N–H and O–H groups in total. The number of carbonyl (C=O) groups excluding carboxylic acids is 1. The summed E-state index contributed by atoms with van der Waals surface area (Å²) in [4.78, 5) is 19.7. The van der Waals surface area contributed by atoms with Crippen LogP contribution in [0.1, 0.15) is 15.9 Å². The molecule has 27 heavy (non-hydrogen) atoms. The van der Waals surface area contributed by atoms with E-state index in [2.05, 4.69) is 19.8 Å². The normalized spacial score (nSPS) is 15.1. The van der Waals surface area contributed by atoms with E-state index in [9.17, 15) is 4.79 Å². The Kier molecular flexibility index (Phi) is 5.18. The summed E-state index contributed by atoms with van der Waals surface area (Å²) in [5, 5.41) is 3.00. The van der Waals surface area contributed by atoms with Crippen LogP contribution in [0.5, 0.6) is 0 Å². The highest BCUT2D eigenvalue weighted by molar-refractivity contribution is 6.04. The third-order valence-corrected chi connectivity index (χ3v) is 4.90. The second-order valence-electron chi connectivity index (χ2n) is 6.85. The van der Waals surface area contributed by atoms with Gasteiger partial charge in [-0.05, 0) is 31.2 Å². The van der Waals surface area contributed by atoms with Crippen molar-refractivity contribution in [1.82, 2.24) is 14.5 Å². The zero-order valence-electron chi connectivity index (χ0n) is 15.5. The fraction of sp³-hybridized carbons (Fsp3) is 0.333. The number of para-hydroxylation sites is 2. The molecule has 0 aliphatic carbocycles. The Morgan fingerprint density at radius 1 is 1.11 bits per heavy atom. The number of fused-ring (bicyclic) bond motifs is 1. The molecule has 2 heterocycles. The van der Waals surface area contributed by atoms with Gasteiger partial charge in [0.05, 0.1) is 24.2 Å². The van der Waals surface area contributed by atoms with Crippen LogP contribution in [0.2, 0.25) is 0 Å². The number of benzene rings is 2. The highest BCUT2D eigenvalue weighted by Gasteiger charge is 2.16. The number of ether oxygens (including phenoxy) is 1. The fourth-order valence-corrected chi connectivity index (χ4v) is 3.42. The molecule has 2 aromatic carbocycles. The lowest BCUT2D eigenvalue weighted by Crippen LogP contribution is -2.38. The standard InChI is InChI=1S/C21H24N4O2/c1-16-5-4-6-17(15-16)20(26)23-21-22-18-7-2-3-8-19(18)25(21)10-9-24-11-13-27-14-12-24/h2-8,15H,9-14H2,1H3,(H,22,23,26). The highest BCUT2D eigenvalue weighted by Crippen LogP contribution is 2.20. The van der Waals surface area contributed by atoms with E-state index in [1.54, 1.807) is 0 Å². The Bertz CT molecular complexity index is 944. The average Bonchev–Trinajstić information content (AvgIpc) is 3.04. The summed E-state index contributed by atoms with van der Waals surface area (Å²) in [6, 6.07) is 15.6. The lowest BCUT2D eigenvalue weighted by atomic mass is 10.1. The van der Waals surface area contributed by atoms with Crippen molar-refractivity contribution in [2.75, 3.05) is 38.2 Å². The average molecular weight is 364 g/mol. The SMILES string of the molecule is Cc1cccc(C(=O)Nc2nc3ccccc3n2CCN2CCOCC2)c1. The second kappa shape index (κ2) is 7.90. The van der Waals surface area contributed by atoms with Crippen molar-refractivity contribution in [3.05, 3.63) is 59.7 Å². The first-order chi connectivity index (χ1) is 13.2. The van der Waals surface area contributed by atoms with E-state index in [1.165, 1.54) is 0 Å². The molecule has 0 atom stereocenters. The van der Waals surface area contributed by atoms with Crippen molar-refractivity contribution in [3.8, 4) is 0 Å². The number of anilines is 1. The van der Waals surface area contributed by atoms with Crippen LogP contribution < -0.4 is 5.32 Å². The first-order valence-electron chi connectivity index (χ1n) is 9.34. The number of aryl methyl sites for hydroxylation is 1. The van der Waals surface area contributed by atoms with E-state index in [1.807, 2.05) is 55.5 Å². The third kappa shape index (κ3) is 4.02. The Morgan fingerprint density at radius 3 is 2.74 bits per heavy atom. The molecule has 1 aromatic heterocycles. The van der Waals surface area contributed by atoms with Crippen LogP contribution in [-0.2, 0) is 11.3 Å². The smallest absolute Gasteiger partial charge is 0.257 e. The topological polar surface area (TPSA) is 59.4 Å². The van der Waals surface area contributed by atoms with Gasteiger partial charge in [-0.25, -0.2) is 4.98 Å². The number of nitrogens with zero attached hydrogens (tertiary/aromatic N) is 3. The van der Waals surface area contributed by atoms with Gasteiger partial charge in [0, 0.05) is 31.7 Å². The van der Waals surface area contributed by atoms with Crippen LogP contribution in [0.25, 0.3) is 11.0 Å². The molecule has 0 bridgehead atoms. The number of nitrogens with one attached hydrogen (secondary N) is 1. The molecular weight excluding hydrogens is 340 g/mol. The van der Waals surface area contributed by atoms with Gasteiger partial charge < -0.3 is 9.30 Å². The molecule has 0 radical (unpaired) electrons. The molecule has 1 saturated heterocycles. The molecule has 1 amide bonds. The van der Waals surface area contributed by atoms with E-state index in [-0.39, 0.29) is 5.91 Å². The number of morpholine rings is 1. The van der Waals surface area contributed by atoms with E-state index < -0.39 is 0 Å². The molecule has 1 aliphatic rings. The van der Waals surface area contributed by atoms with Crippen LogP contribution in [0.15, 0.2) is 48.5 Å². The summed E-state index contributed by atoms with van der Waals surface area (Å²) >= 11 is 0. The quantitative estimate of drug-likeness (QED) is 0.756. The zero-order chi connectivity index (χ0) is 18.6. The van der Waals surface area contributed by atoms with Gasteiger partial charge in [-0.3, -0.25) is 15.0 Å². The first kappa shape index (κ1) is 17.7. The fourth-order valence-electron chi connectivity index (χ4n) is 3.42. The van der Waals surface area contributed by atoms with Gasteiger partial charge >= 0.3 is 0 Å². The molecule has 6 nitrogen and oxygen atoms in total. The first-order valence-corrected chi connectivity index (χ1v) is 9.34. The number of hydrogen-bond acceptors (Lipinski definition) is 4. The summed E-state index contributed by atoms with van der Waals surface area (Å²) in [6.45, 7) is 7.09. The number of imidazole rings is 1. The molecule has 4 rings (SSSR count). The largest absolute Gasteiger partial charge is 0.379 e. The molecule has 0 unspecified atom stereocenters. The molecular formula is C21H24N4O2. The van der Waals surface area contributed by atoms with E-state index in [4.69, 9.17) is 4.74 Å². The third-order valence-electron chi connectivity index (χ3n) is 4.90. The van der Waals surface area contributed by atoms with E-state index in [0.717, 1.165) is 56.0 Å². The van der Waals surface area contributed by atoms with Gasteiger partial charge in [0.25, 0.3) is 5.91 Å². The van der Waals surface area contributed by atoms with Crippen molar-refractivity contribution in [2.45, 2.75) is 13.5 Å². The van der Waals surface area contributed by atoms with Gasteiger partial charge in [0.15, 0.2) is 0 Å². The number of amides is 1. The van der Waals surface area contributed by atoms with Crippen molar-refractivity contribution in [2.24, 2.45) is 0 Å². The van der Waals surface area contributed by atoms with E-state index >= 15 is 0 Å².